The van der Waals surface area contributed by atoms with Gasteiger partial charge in [-0.3, -0.25) is 9.59 Å². The molecule has 1 aliphatic heterocycles. The SMILES string of the molecule is CCC(=O)N1CCOc2ccc(NC(=O)COC)cc2C1. The van der Waals surface area contributed by atoms with Gasteiger partial charge in [-0.2, -0.15) is 0 Å². The first-order valence-electron chi connectivity index (χ1n) is 6.96. The Hall–Kier alpha value is -2.08. The van der Waals surface area contributed by atoms with E-state index in [1.165, 1.54) is 7.11 Å². The number of nitrogens with one attached hydrogen (secondary N) is 1. The largest absolute Gasteiger partial charge is 0.491 e. The monoisotopic (exact) mass is 292 g/mol. The number of ether oxygens (including phenoxy) is 2. The second-order valence-corrected chi connectivity index (χ2v) is 4.82. The molecular formula is C15H20N2O4. The van der Waals surface area contributed by atoms with Gasteiger partial charge < -0.3 is 19.7 Å². The van der Waals surface area contributed by atoms with E-state index in [1.807, 2.05) is 19.1 Å². The number of fused-ring (bicyclic) bond motifs is 1. The molecule has 0 radical (unpaired) electrons. The van der Waals surface area contributed by atoms with Gasteiger partial charge in [0.1, 0.15) is 19.0 Å². The summed E-state index contributed by atoms with van der Waals surface area (Å²) >= 11 is 0. The zero-order chi connectivity index (χ0) is 15.2. The summed E-state index contributed by atoms with van der Waals surface area (Å²) in [6.07, 6.45) is 0.472. The zero-order valence-corrected chi connectivity index (χ0v) is 12.3. The molecule has 21 heavy (non-hydrogen) atoms. The molecule has 1 aliphatic rings. The Morgan fingerprint density at radius 2 is 2.24 bits per heavy atom. The highest BCUT2D eigenvalue weighted by atomic mass is 16.5. The fourth-order valence-corrected chi connectivity index (χ4v) is 2.24. The summed E-state index contributed by atoms with van der Waals surface area (Å²) in [5, 5.41) is 2.75. The summed E-state index contributed by atoms with van der Waals surface area (Å²) in [6.45, 7) is 3.40. The summed E-state index contributed by atoms with van der Waals surface area (Å²) in [5.74, 6) is 0.639. The maximum absolute atomic E-state index is 11.9. The van der Waals surface area contributed by atoms with Gasteiger partial charge in [0, 0.05) is 31.3 Å². The number of methoxy groups -OCH3 is 1. The van der Waals surface area contributed by atoms with Crippen molar-refractivity contribution in [3.63, 3.8) is 0 Å². The second kappa shape index (κ2) is 7.08. The molecule has 2 amide bonds. The van der Waals surface area contributed by atoms with Crippen LogP contribution in [0.15, 0.2) is 18.2 Å². The van der Waals surface area contributed by atoms with Crippen molar-refractivity contribution in [1.82, 2.24) is 4.90 Å². The molecule has 0 atom stereocenters. The van der Waals surface area contributed by atoms with Crippen LogP contribution in [0.4, 0.5) is 5.69 Å². The quantitative estimate of drug-likeness (QED) is 0.911. The highest BCUT2D eigenvalue weighted by Crippen LogP contribution is 2.26. The molecule has 0 fully saturated rings. The molecular weight excluding hydrogens is 272 g/mol. The fraction of sp³-hybridized carbons (Fsp3) is 0.467. The highest BCUT2D eigenvalue weighted by Gasteiger charge is 2.19. The van der Waals surface area contributed by atoms with Crippen molar-refractivity contribution >= 4 is 17.5 Å². The van der Waals surface area contributed by atoms with Gasteiger partial charge >= 0.3 is 0 Å². The van der Waals surface area contributed by atoms with E-state index in [0.717, 1.165) is 11.3 Å². The predicted molar refractivity (Wildman–Crippen MR) is 78.2 cm³/mol. The highest BCUT2D eigenvalue weighted by molar-refractivity contribution is 5.91. The van der Waals surface area contributed by atoms with Gasteiger partial charge in [-0.05, 0) is 18.2 Å². The van der Waals surface area contributed by atoms with Crippen molar-refractivity contribution in [3.8, 4) is 5.75 Å². The second-order valence-electron chi connectivity index (χ2n) is 4.82. The molecule has 0 saturated heterocycles. The lowest BCUT2D eigenvalue weighted by atomic mass is 10.1. The van der Waals surface area contributed by atoms with E-state index in [4.69, 9.17) is 9.47 Å². The van der Waals surface area contributed by atoms with Crippen molar-refractivity contribution in [3.05, 3.63) is 23.8 Å². The Labute approximate surface area is 124 Å². The number of carbonyl (C=O) groups excluding carboxylic acids is 2. The zero-order valence-electron chi connectivity index (χ0n) is 12.3. The number of anilines is 1. The van der Waals surface area contributed by atoms with Crippen LogP contribution in [0.25, 0.3) is 0 Å². The fourth-order valence-electron chi connectivity index (χ4n) is 2.24. The van der Waals surface area contributed by atoms with Crippen molar-refractivity contribution < 1.29 is 19.1 Å². The van der Waals surface area contributed by atoms with Gasteiger partial charge in [-0.15, -0.1) is 0 Å². The predicted octanol–water partition coefficient (Wildman–Crippen LogP) is 1.40. The van der Waals surface area contributed by atoms with Gasteiger partial charge in [0.2, 0.25) is 11.8 Å². The van der Waals surface area contributed by atoms with Crippen molar-refractivity contribution in [1.29, 1.82) is 0 Å². The summed E-state index contributed by atoms with van der Waals surface area (Å²) in [5.41, 5.74) is 1.56. The van der Waals surface area contributed by atoms with Crippen LogP contribution in [-0.2, 0) is 20.9 Å². The van der Waals surface area contributed by atoms with Crippen LogP contribution in [0.1, 0.15) is 18.9 Å². The van der Waals surface area contributed by atoms with Crippen molar-refractivity contribution in [2.75, 3.05) is 32.2 Å². The smallest absolute Gasteiger partial charge is 0.250 e. The third-order valence-corrected chi connectivity index (χ3v) is 3.25. The van der Waals surface area contributed by atoms with Gasteiger partial charge in [-0.25, -0.2) is 0 Å². The van der Waals surface area contributed by atoms with E-state index in [-0.39, 0.29) is 18.4 Å². The number of hydrogen-bond donors (Lipinski definition) is 1. The molecule has 1 aromatic rings. The normalized spacial score (nSPS) is 13.9. The average Bonchev–Trinajstić information content (AvgIpc) is 2.68. The van der Waals surface area contributed by atoms with Gasteiger partial charge in [0.25, 0.3) is 0 Å². The van der Waals surface area contributed by atoms with E-state index in [0.29, 0.717) is 31.8 Å². The molecule has 6 heteroatoms. The lowest BCUT2D eigenvalue weighted by molar-refractivity contribution is -0.131. The molecule has 0 aliphatic carbocycles. The van der Waals surface area contributed by atoms with Crippen molar-refractivity contribution in [2.45, 2.75) is 19.9 Å². The Morgan fingerprint density at radius 1 is 1.43 bits per heavy atom. The molecule has 1 aromatic carbocycles. The maximum Gasteiger partial charge on any atom is 0.250 e. The Kier molecular flexibility index (Phi) is 5.16. The van der Waals surface area contributed by atoms with E-state index in [1.54, 1.807) is 11.0 Å². The molecule has 1 heterocycles. The number of amides is 2. The minimum Gasteiger partial charge on any atom is -0.491 e. The maximum atomic E-state index is 11.9. The first kappa shape index (κ1) is 15.3. The summed E-state index contributed by atoms with van der Waals surface area (Å²) in [7, 11) is 1.47. The Morgan fingerprint density at radius 3 is 2.95 bits per heavy atom. The minimum absolute atomic E-state index is 0.00797. The third kappa shape index (κ3) is 3.95. The van der Waals surface area contributed by atoms with E-state index in [9.17, 15) is 9.59 Å². The average molecular weight is 292 g/mol. The molecule has 6 nitrogen and oxygen atoms in total. The number of hydrogen-bond acceptors (Lipinski definition) is 4. The van der Waals surface area contributed by atoms with Gasteiger partial charge in [-0.1, -0.05) is 6.92 Å². The third-order valence-electron chi connectivity index (χ3n) is 3.25. The van der Waals surface area contributed by atoms with Crippen LogP contribution in [-0.4, -0.2) is 43.6 Å². The van der Waals surface area contributed by atoms with Crippen LogP contribution in [0.2, 0.25) is 0 Å². The van der Waals surface area contributed by atoms with Gasteiger partial charge in [0.05, 0.1) is 6.54 Å². The van der Waals surface area contributed by atoms with Crippen LogP contribution in [0.3, 0.4) is 0 Å². The minimum atomic E-state index is -0.214. The molecule has 0 aromatic heterocycles. The summed E-state index contributed by atoms with van der Waals surface area (Å²) in [6, 6.07) is 5.44. The standard InChI is InChI=1S/C15H20N2O4/c1-3-15(19)17-6-7-21-13-5-4-12(8-11(13)9-17)16-14(18)10-20-2/h4-5,8H,3,6-7,9-10H2,1-2H3,(H,16,18). The molecule has 2 rings (SSSR count). The van der Waals surface area contributed by atoms with Crippen LogP contribution in [0.5, 0.6) is 5.75 Å². The topological polar surface area (TPSA) is 67.9 Å². The Bertz CT molecular complexity index is 530. The summed E-state index contributed by atoms with van der Waals surface area (Å²) < 4.78 is 10.4. The first-order chi connectivity index (χ1) is 10.1. The van der Waals surface area contributed by atoms with Gasteiger partial charge in [0.15, 0.2) is 0 Å². The lowest BCUT2D eigenvalue weighted by Crippen LogP contribution is -2.31. The van der Waals surface area contributed by atoms with Crippen LogP contribution < -0.4 is 10.1 Å². The molecule has 1 N–H and O–H groups in total. The Balaban J connectivity index is 2.15. The number of carbonyl (C=O) groups is 2. The summed E-state index contributed by atoms with van der Waals surface area (Å²) in [4.78, 5) is 25.2. The van der Waals surface area contributed by atoms with E-state index < -0.39 is 0 Å². The molecule has 114 valence electrons. The number of rotatable bonds is 4. The van der Waals surface area contributed by atoms with Crippen molar-refractivity contribution in [2.24, 2.45) is 0 Å². The van der Waals surface area contributed by atoms with E-state index >= 15 is 0 Å². The van der Waals surface area contributed by atoms with Crippen LogP contribution in [0, 0.1) is 0 Å². The molecule has 0 saturated carbocycles. The lowest BCUT2D eigenvalue weighted by Gasteiger charge is -2.19. The van der Waals surface area contributed by atoms with E-state index in [2.05, 4.69) is 5.32 Å². The number of benzene rings is 1. The van der Waals surface area contributed by atoms with Crippen LogP contribution >= 0.6 is 0 Å². The molecule has 0 bridgehead atoms. The number of nitrogens with zero attached hydrogens (tertiary/aromatic N) is 1. The molecule has 0 unspecified atom stereocenters. The molecule has 0 spiro atoms. The first-order valence-corrected chi connectivity index (χ1v) is 6.96.